The molecule has 1 amide bonds. The first-order chi connectivity index (χ1) is 15.5. The first kappa shape index (κ1) is 21.7. The van der Waals surface area contributed by atoms with E-state index in [0.29, 0.717) is 26.6 Å². The van der Waals surface area contributed by atoms with E-state index in [0.717, 1.165) is 16.0 Å². The van der Waals surface area contributed by atoms with Crippen LogP contribution < -0.4 is 10.1 Å². The van der Waals surface area contributed by atoms with Crippen LogP contribution >= 0.6 is 27.3 Å². The molecule has 0 aliphatic rings. The summed E-state index contributed by atoms with van der Waals surface area (Å²) in [5.74, 6) is 0.319. The number of carbonyl (C=O) groups is 1. The van der Waals surface area contributed by atoms with Gasteiger partial charge in [0.25, 0.3) is 11.6 Å². The van der Waals surface area contributed by atoms with Gasteiger partial charge in [0.1, 0.15) is 5.75 Å². The predicted octanol–water partition coefficient (Wildman–Crippen LogP) is 6.41. The number of anilines is 1. The van der Waals surface area contributed by atoms with Gasteiger partial charge in [0.2, 0.25) is 0 Å². The molecule has 7 nitrogen and oxygen atoms in total. The van der Waals surface area contributed by atoms with Gasteiger partial charge in [-0.25, -0.2) is 4.98 Å². The lowest BCUT2D eigenvalue weighted by Gasteiger charge is -2.06. The Balaban J connectivity index is 1.70. The topological polar surface area (TPSA) is 94.4 Å². The van der Waals surface area contributed by atoms with Crippen molar-refractivity contribution in [2.75, 3.05) is 12.4 Å². The molecular weight excluding hydrogens is 494 g/mol. The molecule has 0 saturated carbocycles. The molecule has 4 aromatic rings. The number of thiazole rings is 1. The van der Waals surface area contributed by atoms with Gasteiger partial charge in [-0.2, -0.15) is 0 Å². The van der Waals surface area contributed by atoms with Crippen molar-refractivity contribution in [3.8, 4) is 27.4 Å². The van der Waals surface area contributed by atoms with Gasteiger partial charge in [0.05, 0.1) is 27.1 Å². The smallest absolute Gasteiger partial charge is 0.269 e. The standard InChI is InChI=1S/C23H16BrN3O4S/c1-31-19-12-9-16(13-18(19)24)22(28)26-23-25-20(14-7-10-17(11-8-14)27(29)30)21(32-23)15-5-3-2-4-6-15/h2-13H,1H3,(H,25,26,28). The van der Waals surface area contributed by atoms with Crippen LogP contribution in [0.15, 0.2) is 77.3 Å². The Kier molecular flexibility index (Phi) is 6.29. The van der Waals surface area contributed by atoms with Gasteiger partial charge in [-0.15, -0.1) is 0 Å². The van der Waals surface area contributed by atoms with Crippen molar-refractivity contribution in [3.05, 3.63) is 92.9 Å². The lowest BCUT2D eigenvalue weighted by molar-refractivity contribution is -0.384. The van der Waals surface area contributed by atoms with Gasteiger partial charge < -0.3 is 4.74 Å². The fourth-order valence-corrected chi connectivity index (χ4v) is 4.60. The highest BCUT2D eigenvalue weighted by Gasteiger charge is 2.18. The summed E-state index contributed by atoms with van der Waals surface area (Å²) < 4.78 is 5.88. The normalized spacial score (nSPS) is 10.6. The van der Waals surface area contributed by atoms with Crippen molar-refractivity contribution in [1.82, 2.24) is 4.98 Å². The average molecular weight is 510 g/mol. The maximum absolute atomic E-state index is 12.8. The van der Waals surface area contributed by atoms with Gasteiger partial charge >= 0.3 is 0 Å². The number of nitrogens with one attached hydrogen (secondary N) is 1. The number of hydrogen-bond donors (Lipinski definition) is 1. The lowest BCUT2D eigenvalue weighted by atomic mass is 10.1. The van der Waals surface area contributed by atoms with E-state index in [4.69, 9.17) is 4.74 Å². The highest BCUT2D eigenvalue weighted by atomic mass is 79.9. The minimum absolute atomic E-state index is 0.00356. The second-order valence-corrected chi connectivity index (χ2v) is 8.52. The maximum atomic E-state index is 12.8. The van der Waals surface area contributed by atoms with E-state index >= 15 is 0 Å². The van der Waals surface area contributed by atoms with Crippen molar-refractivity contribution in [1.29, 1.82) is 0 Å². The molecule has 1 aromatic heterocycles. The second-order valence-electron chi connectivity index (χ2n) is 6.67. The van der Waals surface area contributed by atoms with Gasteiger partial charge in [-0.3, -0.25) is 20.2 Å². The van der Waals surface area contributed by atoms with Gasteiger partial charge in [-0.05, 0) is 51.8 Å². The number of nitro benzene ring substituents is 1. The molecule has 160 valence electrons. The molecule has 0 saturated heterocycles. The summed E-state index contributed by atoms with van der Waals surface area (Å²) in [7, 11) is 1.56. The third-order valence-corrected chi connectivity index (χ3v) is 6.29. The van der Waals surface area contributed by atoms with E-state index in [1.807, 2.05) is 30.3 Å². The van der Waals surface area contributed by atoms with Crippen LogP contribution in [0.25, 0.3) is 21.7 Å². The van der Waals surface area contributed by atoms with Crippen LogP contribution in [-0.2, 0) is 0 Å². The Morgan fingerprint density at radius 1 is 1.06 bits per heavy atom. The Hall–Kier alpha value is -3.56. The number of aromatic nitrogens is 1. The molecule has 0 fully saturated rings. The van der Waals surface area contributed by atoms with Crippen LogP contribution in [0.4, 0.5) is 10.8 Å². The molecule has 3 aromatic carbocycles. The van der Waals surface area contributed by atoms with Crippen molar-refractivity contribution < 1.29 is 14.5 Å². The summed E-state index contributed by atoms with van der Waals surface area (Å²) >= 11 is 4.73. The number of rotatable bonds is 6. The Morgan fingerprint density at radius 2 is 1.78 bits per heavy atom. The SMILES string of the molecule is COc1ccc(C(=O)Nc2nc(-c3ccc([N+](=O)[O-])cc3)c(-c3ccccc3)s2)cc1Br. The number of carbonyl (C=O) groups excluding carboxylic acids is 1. The number of benzene rings is 3. The third-order valence-electron chi connectivity index (χ3n) is 4.65. The number of nitrogens with zero attached hydrogens (tertiary/aromatic N) is 2. The van der Waals surface area contributed by atoms with Crippen molar-refractivity contribution >= 4 is 44.0 Å². The average Bonchev–Trinajstić information content (AvgIpc) is 3.23. The predicted molar refractivity (Wildman–Crippen MR) is 128 cm³/mol. The largest absolute Gasteiger partial charge is 0.496 e. The summed E-state index contributed by atoms with van der Waals surface area (Å²) in [5, 5.41) is 14.3. The number of amides is 1. The van der Waals surface area contributed by atoms with Crippen LogP contribution in [0, 0.1) is 10.1 Å². The maximum Gasteiger partial charge on any atom is 0.269 e. The fraction of sp³-hybridized carbons (Fsp3) is 0.0435. The van der Waals surface area contributed by atoms with E-state index in [1.165, 1.54) is 23.5 Å². The molecule has 1 N–H and O–H groups in total. The fourth-order valence-electron chi connectivity index (χ4n) is 3.07. The van der Waals surface area contributed by atoms with Gasteiger partial charge in [-0.1, -0.05) is 41.7 Å². The molecule has 0 aliphatic heterocycles. The third kappa shape index (κ3) is 4.53. The van der Waals surface area contributed by atoms with Crippen LogP contribution in [0.3, 0.4) is 0 Å². The van der Waals surface area contributed by atoms with E-state index in [1.54, 1.807) is 37.4 Å². The van der Waals surface area contributed by atoms with E-state index in [-0.39, 0.29) is 11.6 Å². The van der Waals surface area contributed by atoms with Gasteiger partial charge in [0, 0.05) is 23.3 Å². The molecule has 0 aliphatic carbocycles. The number of non-ortho nitro benzene ring substituents is 1. The molecule has 4 rings (SSSR count). The Morgan fingerprint density at radius 3 is 2.41 bits per heavy atom. The summed E-state index contributed by atoms with van der Waals surface area (Å²) in [6, 6.07) is 20.9. The van der Waals surface area contributed by atoms with Crippen molar-refractivity contribution in [2.24, 2.45) is 0 Å². The summed E-state index contributed by atoms with van der Waals surface area (Å²) in [6.07, 6.45) is 0. The number of methoxy groups -OCH3 is 1. The van der Waals surface area contributed by atoms with Gasteiger partial charge in [0.15, 0.2) is 5.13 Å². The zero-order chi connectivity index (χ0) is 22.7. The number of nitro groups is 1. The summed E-state index contributed by atoms with van der Waals surface area (Å²) in [5.41, 5.74) is 2.75. The molecular formula is C23H16BrN3O4S. The van der Waals surface area contributed by atoms with E-state index < -0.39 is 4.92 Å². The first-order valence-electron chi connectivity index (χ1n) is 9.42. The minimum atomic E-state index is -0.443. The summed E-state index contributed by atoms with van der Waals surface area (Å²) in [4.78, 5) is 28.8. The number of hydrogen-bond acceptors (Lipinski definition) is 6. The zero-order valence-electron chi connectivity index (χ0n) is 16.7. The first-order valence-corrected chi connectivity index (χ1v) is 11.0. The molecule has 32 heavy (non-hydrogen) atoms. The lowest BCUT2D eigenvalue weighted by Crippen LogP contribution is -2.11. The quantitative estimate of drug-likeness (QED) is 0.239. The summed E-state index contributed by atoms with van der Waals surface area (Å²) in [6.45, 7) is 0. The molecule has 1 heterocycles. The van der Waals surface area contributed by atoms with Crippen LogP contribution in [-0.4, -0.2) is 22.9 Å². The number of ether oxygens (including phenoxy) is 1. The molecule has 0 unspecified atom stereocenters. The zero-order valence-corrected chi connectivity index (χ0v) is 19.1. The Bertz CT molecular complexity index is 1290. The van der Waals surface area contributed by atoms with Crippen molar-refractivity contribution in [3.63, 3.8) is 0 Å². The molecule has 0 radical (unpaired) electrons. The van der Waals surface area contributed by atoms with E-state index in [9.17, 15) is 14.9 Å². The van der Waals surface area contributed by atoms with E-state index in [2.05, 4.69) is 26.2 Å². The van der Waals surface area contributed by atoms with Crippen LogP contribution in [0.2, 0.25) is 0 Å². The molecule has 9 heteroatoms. The monoisotopic (exact) mass is 509 g/mol. The molecule has 0 spiro atoms. The minimum Gasteiger partial charge on any atom is -0.496 e. The second kappa shape index (κ2) is 9.29. The van der Waals surface area contributed by atoms with Crippen molar-refractivity contribution in [2.45, 2.75) is 0 Å². The highest BCUT2D eigenvalue weighted by molar-refractivity contribution is 9.10. The van der Waals surface area contributed by atoms with Crippen LogP contribution in [0.1, 0.15) is 10.4 Å². The molecule has 0 bridgehead atoms. The molecule has 0 atom stereocenters. The number of halogens is 1. The highest BCUT2D eigenvalue weighted by Crippen LogP contribution is 2.39. The Labute approximate surface area is 196 Å². The van der Waals surface area contributed by atoms with Crippen LogP contribution in [0.5, 0.6) is 5.75 Å².